The summed E-state index contributed by atoms with van der Waals surface area (Å²) in [5.74, 6) is 0.422. The predicted octanol–water partition coefficient (Wildman–Crippen LogP) is 0.860. The molecule has 6 heteroatoms. The summed E-state index contributed by atoms with van der Waals surface area (Å²) in [7, 11) is 1.79. The molecule has 3 N–H and O–H groups in total. The van der Waals surface area contributed by atoms with Gasteiger partial charge in [0.2, 0.25) is 0 Å². The number of hydrogen-bond donors (Lipinski definition) is 2. The number of aromatic nitrogens is 2. The van der Waals surface area contributed by atoms with Crippen LogP contribution in [0.5, 0.6) is 0 Å². The molecule has 96 valence electrons. The Labute approximate surface area is 110 Å². The van der Waals surface area contributed by atoms with Gasteiger partial charge in [0.25, 0.3) is 5.56 Å². The molecule has 0 fully saturated rings. The van der Waals surface area contributed by atoms with Crippen molar-refractivity contribution >= 4 is 11.5 Å². The van der Waals surface area contributed by atoms with Crippen LogP contribution in [0.15, 0.2) is 35.4 Å². The third-order valence-electron chi connectivity index (χ3n) is 2.71. The second kappa shape index (κ2) is 5.23. The molecule has 1 aromatic carbocycles. The van der Waals surface area contributed by atoms with E-state index in [0.717, 1.165) is 5.56 Å². The first kappa shape index (κ1) is 12.6. The molecule has 0 radical (unpaired) electrons. The number of anilines is 2. The summed E-state index contributed by atoms with van der Waals surface area (Å²) in [6, 6.07) is 9.34. The van der Waals surface area contributed by atoms with E-state index in [1.807, 2.05) is 12.1 Å². The highest BCUT2D eigenvalue weighted by atomic mass is 16.1. The zero-order chi connectivity index (χ0) is 13.8. The number of nitrogens with two attached hydrogens (primary N) is 1. The fourth-order valence-corrected chi connectivity index (χ4v) is 1.79. The molecule has 0 spiro atoms. The van der Waals surface area contributed by atoms with Gasteiger partial charge in [-0.05, 0) is 17.7 Å². The van der Waals surface area contributed by atoms with Crippen molar-refractivity contribution in [2.24, 2.45) is 0 Å². The molecule has 0 aliphatic heterocycles. The minimum Gasteiger partial charge on any atom is -0.391 e. The first-order valence-electron chi connectivity index (χ1n) is 5.65. The van der Waals surface area contributed by atoms with Crippen LogP contribution in [0.1, 0.15) is 11.1 Å². The van der Waals surface area contributed by atoms with E-state index in [1.165, 1.54) is 6.33 Å². The molecule has 0 saturated carbocycles. The van der Waals surface area contributed by atoms with Gasteiger partial charge in [-0.1, -0.05) is 12.1 Å². The zero-order valence-corrected chi connectivity index (χ0v) is 10.4. The molecule has 19 heavy (non-hydrogen) atoms. The molecule has 0 aliphatic rings. The molecule has 0 bridgehead atoms. The van der Waals surface area contributed by atoms with Gasteiger partial charge in [-0.2, -0.15) is 5.26 Å². The van der Waals surface area contributed by atoms with Crippen molar-refractivity contribution in [2.75, 3.05) is 17.7 Å². The molecule has 0 unspecified atom stereocenters. The summed E-state index contributed by atoms with van der Waals surface area (Å²) in [6.07, 6.45) is 1.32. The molecule has 0 amide bonds. The number of nitrogen functional groups attached to an aromatic ring is 1. The molecule has 6 nitrogen and oxygen atoms in total. The number of nitrogens with one attached hydrogen (secondary N) is 1. The lowest BCUT2D eigenvalue weighted by atomic mass is 10.1. The predicted molar refractivity (Wildman–Crippen MR) is 72.5 cm³/mol. The van der Waals surface area contributed by atoms with Crippen LogP contribution in [0, 0.1) is 11.3 Å². The van der Waals surface area contributed by atoms with E-state index in [1.54, 1.807) is 24.1 Å². The number of aromatic amines is 1. The molecule has 1 aromatic heterocycles. The Morgan fingerprint density at radius 2 is 2.32 bits per heavy atom. The van der Waals surface area contributed by atoms with Crippen LogP contribution in [0.2, 0.25) is 0 Å². The van der Waals surface area contributed by atoms with Crippen molar-refractivity contribution in [2.45, 2.75) is 6.54 Å². The summed E-state index contributed by atoms with van der Waals surface area (Å²) < 4.78 is 0. The Morgan fingerprint density at radius 3 is 3.05 bits per heavy atom. The third-order valence-corrected chi connectivity index (χ3v) is 2.71. The van der Waals surface area contributed by atoms with Gasteiger partial charge in [0.1, 0.15) is 5.69 Å². The van der Waals surface area contributed by atoms with Crippen LogP contribution in [-0.4, -0.2) is 17.0 Å². The van der Waals surface area contributed by atoms with Crippen molar-refractivity contribution in [1.82, 2.24) is 9.97 Å². The third kappa shape index (κ3) is 2.72. The van der Waals surface area contributed by atoms with Gasteiger partial charge < -0.3 is 15.6 Å². The zero-order valence-electron chi connectivity index (χ0n) is 10.4. The van der Waals surface area contributed by atoms with Gasteiger partial charge in [-0.3, -0.25) is 4.79 Å². The number of rotatable bonds is 3. The maximum atomic E-state index is 11.4. The van der Waals surface area contributed by atoms with Gasteiger partial charge in [0.05, 0.1) is 18.0 Å². The first-order chi connectivity index (χ1) is 9.11. The Hall–Kier alpha value is -2.81. The molecular weight excluding hydrogens is 242 g/mol. The van der Waals surface area contributed by atoms with E-state index < -0.39 is 0 Å². The smallest absolute Gasteiger partial charge is 0.276 e. The number of benzene rings is 1. The highest BCUT2D eigenvalue weighted by Crippen LogP contribution is 2.16. The standard InChI is InChI=1S/C13H13N5O/c1-18(12-11(15)13(19)17-8-16-12)7-10-4-2-3-9(5-10)6-14/h2-5,8H,7,15H2,1H3,(H,16,17,19). The largest absolute Gasteiger partial charge is 0.391 e. The van der Waals surface area contributed by atoms with Gasteiger partial charge in [0.15, 0.2) is 5.82 Å². The average molecular weight is 255 g/mol. The van der Waals surface area contributed by atoms with Crippen LogP contribution < -0.4 is 16.2 Å². The number of nitrogens with zero attached hydrogens (tertiary/aromatic N) is 3. The minimum atomic E-state index is -0.359. The van der Waals surface area contributed by atoms with Gasteiger partial charge >= 0.3 is 0 Å². The van der Waals surface area contributed by atoms with Gasteiger partial charge in [0, 0.05) is 13.6 Å². The van der Waals surface area contributed by atoms with Crippen LogP contribution in [-0.2, 0) is 6.54 Å². The topological polar surface area (TPSA) is 98.8 Å². The summed E-state index contributed by atoms with van der Waals surface area (Å²) in [5, 5.41) is 8.85. The lowest BCUT2D eigenvalue weighted by Gasteiger charge is -2.19. The van der Waals surface area contributed by atoms with Crippen LogP contribution in [0.3, 0.4) is 0 Å². The quantitative estimate of drug-likeness (QED) is 0.847. The maximum absolute atomic E-state index is 11.4. The number of H-pyrrole nitrogens is 1. The van der Waals surface area contributed by atoms with E-state index in [9.17, 15) is 4.79 Å². The van der Waals surface area contributed by atoms with Crippen molar-refractivity contribution in [3.05, 3.63) is 52.1 Å². The molecular formula is C13H13N5O. The summed E-state index contributed by atoms with van der Waals surface area (Å²) in [4.78, 5) is 19.6. The Bertz CT molecular complexity index is 686. The van der Waals surface area contributed by atoms with Crippen molar-refractivity contribution in [3.8, 4) is 6.07 Å². The van der Waals surface area contributed by atoms with Gasteiger partial charge in [-0.25, -0.2) is 4.98 Å². The monoisotopic (exact) mass is 255 g/mol. The van der Waals surface area contributed by atoms with Gasteiger partial charge in [-0.15, -0.1) is 0 Å². The Morgan fingerprint density at radius 1 is 1.53 bits per heavy atom. The van der Waals surface area contributed by atoms with E-state index in [4.69, 9.17) is 11.0 Å². The number of nitriles is 1. The molecule has 2 rings (SSSR count). The van der Waals surface area contributed by atoms with Crippen LogP contribution >= 0.6 is 0 Å². The van der Waals surface area contributed by atoms with E-state index in [2.05, 4.69) is 16.0 Å². The molecule has 2 aromatic rings. The fraction of sp³-hybridized carbons (Fsp3) is 0.154. The summed E-state index contributed by atoms with van der Waals surface area (Å²) in [6.45, 7) is 0.510. The summed E-state index contributed by atoms with van der Waals surface area (Å²) >= 11 is 0. The van der Waals surface area contributed by atoms with Crippen molar-refractivity contribution in [1.29, 1.82) is 5.26 Å². The highest BCUT2D eigenvalue weighted by Gasteiger charge is 2.10. The molecule has 0 aliphatic carbocycles. The average Bonchev–Trinajstić information content (AvgIpc) is 2.42. The second-order valence-electron chi connectivity index (χ2n) is 4.14. The Balaban J connectivity index is 2.26. The first-order valence-corrected chi connectivity index (χ1v) is 5.65. The molecule has 0 atom stereocenters. The maximum Gasteiger partial charge on any atom is 0.276 e. The second-order valence-corrected chi connectivity index (χ2v) is 4.14. The Kier molecular flexibility index (Phi) is 3.48. The van der Waals surface area contributed by atoms with Crippen molar-refractivity contribution < 1.29 is 0 Å². The van der Waals surface area contributed by atoms with E-state index in [0.29, 0.717) is 17.9 Å². The molecule has 1 heterocycles. The van der Waals surface area contributed by atoms with E-state index >= 15 is 0 Å². The fourth-order valence-electron chi connectivity index (χ4n) is 1.79. The van der Waals surface area contributed by atoms with Crippen LogP contribution in [0.4, 0.5) is 11.5 Å². The van der Waals surface area contributed by atoms with Crippen LogP contribution in [0.25, 0.3) is 0 Å². The normalized spacial score (nSPS) is 9.89. The lowest BCUT2D eigenvalue weighted by molar-refractivity contribution is 0.889. The van der Waals surface area contributed by atoms with Crippen molar-refractivity contribution in [3.63, 3.8) is 0 Å². The lowest BCUT2D eigenvalue weighted by Crippen LogP contribution is -2.23. The highest BCUT2D eigenvalue weighted by molar-refractivity contribution is 5.60. The SMILES string of the molecule is CN(Cc1cccc(C#N)c1)c1nc[nH]c(=O)c1N. The number of hydrogen-bond acceptors (Lipinski definition) is 5. The minimum absolute atomic E-state index is 0.0847. The van der Waals surface area contributed by atoms with E-state index in [-0.39, 0.29) is 11.2 Å². The summed E-state index contributed by atoms with van der Waals surface area (Å²) in [5.41, 5.74) is 6.96. The molecule has 0 saturated heterocycles.